The van der Waals surface area contributed by atoms with Gasteiger partial charge in [-0.1, -0.05) is 32.4 Å². The van der Waals surface area contributed by atoms with Crippen molar-refractivity contribution in [1.29, 1.82) is 0 Å². The van der Waals surface area contributed by atoms with Crippen LogP contribution in [0, 0.1) is 0 Å². The standard InChI is InChI=1S/C12H17Br2ClOSi/c1-12(2,3)17(4,5)16-11-7-10(15)8(13)6-9(11)14/h6-7H,1-5H3. The number of rotatable bonds is 2. The highest BCUT2D eigenvalue weighted by Crippen LogP contribution is 2.41. The fourth-order valence-corrected chi connectivity index (χ4v) is 3.41. The first kappa shape index (κ1) is 15.5. The van der Waals surface area contributed by atoms with Crippen LogP contribution in [0.1, 0.15) is 20.8 Å². The van der Waals surface area contributed by atoms with Gasteiger partial charge < -0.3 is 4.43 Å². The minimum Gasteiger partial charge on any atom is -0.543 e. The van der Waals surface area contributed by atoms with Gasteiger partial charge in [-0.25, -0.2) is 0 Å². The predicted octanol–water partition coefficient (Wildman–Crippen LogP) is 6.25. The van der Waals surface area contributed by atoms with Crippen molar-refractivity contribution in [1.82, 2.24) is 0 Å². The maximum atomic E-state index is 6.22. The molecule has 1 rings (SSSR count). The summed E-state index contributed by atoms with van der Waals surface area (Å²) < 4.78 is 8.02. The second kappa shape index (κ2) is 5.23. The van der Waals surface area contributed by atoms with Crippen molar-refractivity contribution < 1.29 is 4.43 Å². The fraction of sp³-hybridized carbons (Fsp3) is 0.500. The summed E-state index contributed by atoms with van der Waals surface area (Å²) >= 11 is 13.0. The van der Waals surface area contributed by atoms with Gasteiger partial charge in [0.1, 0.15) is 5.75 Å². The average Bonchev–Trinajstić information content (AvgIpc) is 2.12. The van der Waals surface area contributed by atoms with Crippen molar-refractivity contribution in [2.45, 2.75) is 38.9 Å². The molecule has 0 unspecified atom stereocenters. The average molecular weight is 401 g/mol. The van der Waals surface area contributed by atoms with Gasteiger partial charge in [-0.2, -0.15) is 0 Å². The molecule has 1 nitrogen and oxygen atoms in total. The van der Waals surface area contributed by atoms with Crippen LogP contribution in [-0.4, -0.2) is 8.32 Å². The maximum Gasteiger partial charge on any atom is 0.250 e. The molecule has 0 heterocycles. The molecular formula is C12H17Br2ClOSi. The van der Waals surface area contributed by atoms with E-state index in [1.54, 1.807) is 0 Å². The zero-order valence-corrected chi connectivity index (χ0v) is 15.6. The van der Waals surface area contributed by atoms with Gasteiger partial charge in [0.25, 0.3) is 8.32 Å². The van der Waals surface area contributed by atoms with Gasteiger partial charge in [-0.05, 0) is 62.1 Å². The Hall–Kier alpha value is 0.487. The first-order valence-corrected chi connectivity index (χ1v) is 10.3. The van der Waals surface area contributed by atoms with Crippen LogP contribution in [0.2, 0.25) is 23.2 Å². The van der Waals surface area contributed by atoms with Crippen LogP contribution in [0.15, 0.2) is 21.1 Å². The minimum absolute atomic E-state index is 0.173. The third kappa shape index (κ3) is 3.72. The van der Waals surface area contributed by atoms with Gasteiger partial charge in [0.05, 0.1) is 9.50 Å². The number of hydrogen-bond acceptors (Lipinski definition) is 1. The summed E-state index contributed by atoms with van der Waals surface area (Å²) in [6, 6.07) is 3.78. The molecule has 0 aromatic heterocycles. The molecule has 0 saturated carbocycles. The molecule has 5 heteroatoms. The highest BCUT2D eigenvalue weighted by atomic mass is 79.9. The number of halogens is 3. The second-order valence-electron chi connectivity index (χ2n) is 5.56. The van der Waals surface area contributed by atoms with E-state index >= 15 is 0 Å². The van der Waals surface area contributed by atoms with Crippen LogP contribution in [0.25, 0.3) is 0 Å². The molecule has 0 N–H and O–H groups in total. The van der Waals surface area contributed by atoms with Crippen LogP contribution in [0.5, 0.6) is 5.75 Å². The molecule has 1 aromatic carbocycles. The summed E-state index contributed by atoms with van der Waals surface area (Å²) in [7, 11) is -1.82. The van der Waals surface area contributed by atoms with E-state index in [4.69, 9.17) is 16.0 Å². The Balaban J connectivity index is 3.08. The third-order valence-electron chi connectivity index (χ3n) is 3.15. The van der Waals surface area contributed by atoms with Crippen LogP contribution in [0.4, 0.5) is 0 Å². The topological polar surface area (TPSA) is 9.23 Å². The molecule has 1 aromatic rings. The van der Waals surface area contributed by atoms with Crippen molar-refractivity contribution in [2.24, 2.45) is 0 Å². The van der Waals surface area contributed by atoms with Gasteiger partial charge in [-0.15, -0.1) is 0 Å². The molecule has 0 aliphatic rings. The van der Waals surface area contributed by atoms with Gasteiger partial charge in [-0.3, -0.25) is 0 Å². The third-order valence-corrected chi connectivity index (χ3v) is 9.31. The minimum atomic E-state index is -1.82. The fourth-order valence-electron chi connectivity index (χ4n) is 1.01. The lowest BCUT2D eigenvalue weighted by Crippen LogP contribution is -2.43. The SMILES string of the molecule is CC(C)(C)[Si](C)(C)Oc1cc(Cl)c(Br)cc1Br. The lowest BCUT2D eigenvalue weighted by Gasteiger charge is -2.36. The Bertz CT molecular complexity index is 427. The van der Waals surface area contributed by atoms with Crippen molar-refractivity contribution >= 4 is 51.8 Å². The highest BCUT2D eigenvalue weighted by Gasteiger charge is 2.39. The summed E-state index contributed by atoms with van der Waals surface area (Å²) in [6.07, 6.45) is 0. The van der Waals surface area contributed by atoms with E-state index in [0.717, 1.165) is 14.7 Å². The first-order valence-electron chi connectivity index (χ1n) is 5.38. The lowest BCUT2D eigenvalue weighted by molar-refractivity contribution is 0.490. The Morgan fingerprint density at radius 1 is 1.12 bits per heavy atom. The summed E-state index contributed by atoms with van der Waals surface area (Å²) in [5.41, 5.74) is 0. The lowest BCUT2D eigenvalue weighted by atomic mass is 10.2. The molecule has 0 bridgehead atoms. The first-order chi connectivity index (χ1) is 7.54. The summed E-state index contributed by atoms with van der Waals surface area (Å²) in [6.45, 7) is 11.1. The molecule has 0 atom stereocenters. The zero-order valence-electron chi connectivity index (χ0n) is 10.7. The molecule has 0 aliphatic heterocycles. The smallest absolute Gasteiger partial charge is 0.250 e. The zero-order chi connectivity index (χ0) is 13.4. The number of hydrogen-bond donors (Lipinski definition) is 0. The quantitative estimate of drug-likeness (QED) is 0.421. The van der Waals surface area contributed by atoms with Crippen molar-refractivity contribution in [2.75, 3.05) is 0 Å². The Kier molecular flexibility index (Phi) is 4.79. The molecular weight excluding hydrogens is 383 g/mol. The summed E-state index contributed by atoms with van der Waals surface area (Å²) in [5.74, 6) is 0.824. The molecule has 0 aliphatic carbocycles. The van der Waals surface area contributed by atoms with E-state index in [-0.39, 0.29) is 5.04 Å². The van der Waals surface area contributed by atoms with E-state index < -0.39 is 8.32 Å². The molecule has 96 valence electrons. The maximum absolute atomic E-state index is 6.22. The van der Waals surface area contributed by atoms with Crippen LogP contribution < -0.4 is 4.43 Å². The molecule has 0 amide bonds. The summed E-state index contributed by atoms with van der Waals surface area (Å²) in [4.78, 5) is 0. The van der Waals surface area contributed by atoms with Gasteiger partial charge >= 0.3 is 0 Å². The van der Waals surface area contributed by atoms with Crippen molar-refractivity contribution in [3.05, 3.63) is 26.1 Å². The number of benzene rings is 1. The monoisotopic (exact) mass is 398 g/mol. The highest BCUT2D eigenvalue weighted by molar-refractivity contribution is 9.11. The van der Waals surface area contributed by atoms with Gasteiger partial charge in [0.15, 0.2) is 0 Å². The van der Waals surface area contributed by atoms with E-state index in [0.29, 0.717) is 5.02 Å². The second-order valence-corrected chi connectivity index (χ2v) is 12.4. The largest absolute Gasteiger partial charge is 0.543 e. The molecule has 0 radical (unpaired) electrons. The molecule has 0 fully saturated rings. The van der Waals surface area contributed by atoms with Crippen LogP contribution >= 0.6 is 43.5 Å². The van der Waals surface area contributed by atoms with Crippen molar-refractivity contribution in [3.8, 4) is 5.75 Å². The molecule has 17 heavy (non-hydrogen) atoms. The van der Waals surface area contributed by atoms with E-state index in [1.807, 2.05) is 12.1 Å². The van der Waals surface area contributed by atoms with Crippen LogP contribution in [0.3, 0.4) is 0 Å². The van der Waals surface area contributed by atoms with Gasteiger partial charge in [0.2, 0.25) is 0 Å². The molecule has 0 saturated heterocycles. The molecule has 0 spiro atoms. The Morgan fingerprint density at radius 3 is 2.12 bits per heavy atom. The summed E-state index contributed by atoms with van der Waals surface area (Å²) in [5, 5.41) is 0.841. The predicted molar refractivity (Wildman–Crippen MR) is 84.7 cm³/mol. The van der Waals surface area contributed by atoms with E-state index in [1.165, 1.54) is 0 Å². The van der Waals surface area contributed by atoms with E-state index in [2.05, 4.69) is 65.7 Å². The van der Waals surface area contributed by atoms with Gasteiger partial charge in [0, 0.05) is 4.47 Å². The van der Waals surface area contributed by atoms with E-state index in [9.17, 15) is 0 Å². The van der Waals surface area contributed by atoms with Crippen LogP contribution in [-0.2, 0) is 0 Å². The van der Waals surface area contributed by atoms with Crippen molar-refractivity contribution in [3.63, 3.8) is 0 Å². The normalized spacial score (nSPS) is 12.7. The Morgan fingerprint density at radius 2 is 1.65 bits per heavy atom. The Labute approximate surface area is 126 Å².